The molecule has 402 valence electrons. The third kappa shape index (κ3) is 16.8. The lowest BCUT2D eigenvalue weighted by Gasteiger charge is -2.37. The SMILES string of the molecule is Cc1ncsc1-c1ccc(C(C)NC(=O)C2CC(O)CN2C(=O)C(NC(=O)COCCOCCOCCNC(=O)CCC(=O)Nc2cccc(Sc3ncc(N4CCC(C)(N)CC4)nc3N)c2Cl)C(C)(C)C)cc1. The number of nitrogen functional groups attached to an aromatic ring is 1. The van der Waals surface area contributed by atoms with E-state index in [2.05, 4.69) is 41.1 Å². The summed E-state index contributed by atoms with van der Waals surface area (Å²) in [4.78, 5) is 84.4. The number of rotatable bonds is 24. The molecule has 6 rings (SSSR count). The molecule has 5 amide bonds. The quantitative estimate of drug-likeness (QED) is 0.0461. The molecular formula is C51H70ClN11O9S2. The molecule has 0 aliphatic carbocycles. The maximum Gasteiger partial charge on any atom is 0.246 e. The predicted molar refractivity (Wildman–Crippen MR) is 286 cm³/mol. The van der Waals surface area contributed by atoms with Crippen LogP contribution in [0.25, 0.3) is 10.4 Å². The van der Waals surface area contributed by atoms with Gasteiger partial charge >= 0.3 is 0 Å². The van der Waals surface area contributed by atoms with E-state index in [1.165, 1.54) is 16.7 Å². The van der Waals surface area contributed by atoms with Gasteiger partial charge in [0.1, 0.15) is 29.5 Å². The molecule has 2 aliphatic rings. The van der Waals surface area contributed by atoms with Gasteiger partial charge in [0.2, 0.25) is 29.5 Å². The first-order valence-corrected chi connectivity index (χ1v) is 26.8. The standard InChI is InChI=1S/C51H70ClN11O9S2/c1-31(33-10-12-34(13-11-33)44-32(2)57-30-73-44)58-47(68)37-26-35(64)28-63(37)49(69)45(50(3,4)5)61-42(67)29-72-25-24-71-23-22-70-21-18-55-40(65)14-15-41(66)59-36-8-7-9-38(43(36)52)74-48-46(53)60-39(27-56-48)62-19-16-51(6,54)17-20-62/h7-13,27,30-31,35,37,45,64H,14-26,28-29,54H2,1-6H3,(H2,53,60)(H,55,65)(H,58,68)(H,59,66)(H,61,67). The molecule has 0 saturated carbocycles. The van der Waals surface area contributed by atoms with Crippen LogP contribution in [0.2, 0.25) is 5.02 Å². The fourth-order valence-corrected chi connectivity index (χ4v) is 10.2. The number of nitrogens with two attached hydrogens (primary N) is 2. The highest BCUT2D eigenvalue weighted by Crippen LogP contribution is 2.39. The van der Waals surface area contributed by atoms with Gasteiger partial charge in [-0.25, -0.2) is 15.0 Å². The maximum absolute atomic E-state index is 14.0. The van der Waals surface area contributed by atoms with Crippen molar-refractivity contribution in [2.45, 2.75) is 113 Å². The number of aromatic nitrogens is 3. The smallest absolute Gasteiger partial charge is 0.246 e. The summed E-state index contributed by atoms with van der Waals surface area (Å²) in [6.07, 6.45) is 2.43. The third-order valence-electron chi connectivity index (χ3n) is 12.6. The highest BCUT2D eigenvalue weighted by atomic mass is 35.5. The van der Waals surface area contributed by atoms with Gasteiger partial charge in [0.25, 0.3) is 0 Å². The van der Waals surface area contributed by atoms with Gasteiger partial charge in [-0.1, -0.05) is 74.5 Å². The van der Waals surface area contributed by atoms with Crippen LogP contribution < -0.4 is 37.6 Å². The number of hydrogen-bond acceptors (Lipinski definition) is 17. The second-order valence-electron chi connectivity index (χ2n) is 19.8. The first-order valence-electron chi connectivity index (χ1n) is 24.7. The van der Waals surface area contributed by atoms with Crippen molar-refractivity contribution in [1.82, 2.24) is 35.8 Å². The highest BCUT2D eigenvalue weighted by Gasteiger charge is 2.45. The molecule has 4 heterocycles. The Labute approximate surface area is 445 Å². The Hall–Kier alpha value is -5.46. The van der Waals surface area contributed by atoms with Gasteiger partial charge in [0.05, 0.1) is 78.2 Å². The number of thiazole rings is 1. The predicted octanol–water partition coefficient (Wildman–Crippen LogP) is 4.87. The number of amides is 5. The van der Waals surface area contributed by atoms with Gasteiger partial charge in [0.15, 0.2) is 5.82 Å². The number of benzene rings is 2. The fraction of sp³-hybridized carbons (Fsp3) is 0.529. The Morgan fingerprint density at radius 1 is 0.946 bits per heavy atom. The number of aryl methyl sites for hydroxylation is 1. The van der Waals surface area contributed by atoms with Crippen molar-refractivity contribution < 1.29 is 43.3 Å². The van der Waals surface area contributed by atoms with Crippen molar-refractivity contribution in [2.75, 3.05) is 81.8 Å². The van der Waals surface area contributed by atoms with Gasteiger partial charge in [-0.2, -0.15) is 0 Å². The van der Waals surface area contributed by atoms with Gasteiger partial charge in [0, 0.05) is 55.9 Å². The van der Waals surface area contributed by atoms with Crippen molar-refractivity contribution in [3.05, 3.63) is 70.5 Å². The molecule has 4 aromatic rings. The summed E-state index contributed by atoms with van der Waals surface area (Å²) in [6.45, 7) is 13.7. The summed E-state index contributed by atoms with van der Waals surface area (Å²) in [5.41, 5.74) is 16.7. The fourth-order valence-electron chi connectivity index (χ4n) is 8.26. The molecular weight excluding hydrogens is 1010 g/mol. The monoisotopic (exact) mass is 1080 g/mol. The van der Waals surface area contributed by atoms with Crippen LogP contribution in [-0.2, 0) is 38.2 Å². The minimum Gasteiger partial charge on any atom is -0.391 e. The second kappa shape index (κ2) is 26.8. The summed E-state index contributed by atoms with van der Waals surface area (Å²) in [7, 11) is 0. The normalized spacial score (nSPS) is 17.4. The number of piperidine rings is 1. The lowest BCUT2D eigenvalue weighted by molar-refractivity contribution is -0.144. The zero-order chi connectivity index (χ0) is 53.6. The molecule has 2 aromatic carbocycles. The van der Waals surface area contributed by atoms with E-state index in [0.717, 1.165) is 47.6 Å². The molecule has 0 bridgehead atoms. The number of hydrogen-bond donors (Lipinski definition) is 7. The van der Waals surface area contributed by atoms with Gasteiger partial charge in [-0.3, -0.25) is 24.0 Å². The molecule has 20 nitrogen and oxygen atoms in total. The Balaban J connectivity index is 0.814. The van der Waals surface area contributed by atoms with E-state index in [9.17, 15) is 29.1 Å². The van der Waals surface area contributed by atoms with Crippen molar-refractivity contribution in [3.8, 4) is 10.4 Å². The summed E-state index contributed by atoms with van der Waals surface area (Å²) >= 11 is 9.47. The number of halogens is 1. The summed E-state index contributed by atoms with van der Waals surface area (Å²) < 4.78 is 16.6. The van der Waals surface area contributed by atoms with Crippen LogP contribution in [0, 0.1) is 12.3 Å². The molecule has 2 aliphatic heterocycles. The van der Waals surface area contributed by atoms with E-state index in [4.69, 9.17) is 37.3 Å². The first-order chi connectivity index (χ1) is 35.2. The van der Waals surface area contributed by atoms with Crippen molar-refractivity contribution in [3.63, 3.8) is 0 Å². The number of nitrogens with zero attached hydrogens (tertiary/aromatic N) is 5. The number of ether oxygens (including phenoxy) is 3. The van der Waals surface area contributed by atoms with Gasteiger partial charge < -0.3 is 61.9 Å². The van der Waals surface area contributed by atoms with Gasteiger partial charge in [-0.15, -0.1) is 11.3 Å². The number of aliphatic hydroxyl groups excluding tert-OH is 1. The van der Waals surface area contributed by atoms with Crippen LogP contribution in [0.3, 0.4) is 0 Å². The summed E-state index contributed by atoms with van der Waals surface area (Å²) in [5.74, 6) is -1.13. The lowest BCUT2D eigenvalue weighted by atomic mass is 9.85. The third-order valence-corrected chi connectivity index (χ3v) is 15.2. The number of anilines is 3. The topological polar surface area (TPSA) is 279 Å². The molecule has 0 spiro atoms. The average Bonchev–Trinajstić information content (AvgIpc) is 3.98. The molecule has 2 saturated heterocycles. The molecule has 9 N–H and O–H groups in total. The van der Waals surface area contributed by atoms with Crippen molar-refractivity contribution in [2.24, 2.45) is 11.1 Å². The highest BCUT2D eigenvalue weighted by molar-refractivity contribution is 7.99. The maximum atomic E-state index is 14.0. The van der Waals surface area contributed by atoms with Crippen LogP contribution in [0.4, 0.5) is 17.3 Å². The van der Waals surface area contributed by atoms with Crippen LogP contribution in [0.5, 0.6) is 0 Å². The van der Waals surface area contributed by atoms with E-state index in [0.29, 0.717) is 26.4 Å². The Morgan fingerprint density at radius 3 is 2.28 bits per heavy atom. The number of likely N-dealkylation sites (tertiary alicyclic amines) is 1. The molecule has 2 fully saturated rings. The van der Waals surface area contributed by atoms with E-state index in [1.54, 1.807) is 41.2 Å². The minimum absolute atomic E-state index is 0.0421. The van der Waals surface area contributed by atoms with E-state index < -0.39 is 41.3 Å². The summed E-state index contributed by atoms with van der Waals surface area (Å²) in [5, 5.41) is 22.7. The average molecular weight is 1080 g/mol. The Morgan fingerprint density at radius 2 is 1.62 bits per heavy atom. The second-order valence-corrected chi connectivity index (χ2v) is 22.1. The minimum atomic E-state index is -1.00. The van der Waals surface area contributed by atoms with E-state index in [1.807, 2.05) is 65.8 Å². The van der Waals surface area contributed by atoms with Crippen molar-refractivity contribution in [1.29, 1.82) is 0 Å². The zero-order valence-corrected chi connectivity index (χ0v) is 45.3. The van der Waals surface area contributed by atoms with Crippen molar-refractivity contribution >= 4 is 81.6 Å². The van der Waals surface area contributed by atoms with Gasteiger partial charge in [-0.05, 0) is 62.3 Å². The van der Waals surface area contributed by atoms with E-state index >= 15 is 0 Å². The first kappa shape index (κ1) is 57.8. The van der Waals surface area contributed by atoms with Crippen LogP contribution in [0.15, 0.2) is 64.1 Å². The lowest BCUT2D eigenvalue weighted by Crippen LogP contribution is -2.58. The molecule has 2 aromatic heterocycles. The molecule has 74 heavy (non-hydrogen) atoms. The molecule has 23 heteroatoms. The number of carbonyl (C=O) groups excluding carboxylic acids is 5. The summed E-state index contributed by atoms with van der Waals surface area (Å²) in [6, 6.07) is 10.8. The number of carbonyl (C=O) groups is 5. The number of β-amino-alcohol motifs (C(OH)–C–C–N with tert-alkyl or cyclic N) is 1. The van der Waals surface area contributed by atoms with Crippen LogP contribution in [-0.4, -0.2) is 144 Å². The molecule has 4 atom stereocenters. The van der Waals surface area contributed by atoms with Crippen LogP contribution >= 0.6 is 34.7 Å². The van der Waals surface area contributed by atoms with E-state index in [-0.39, 0.29) is 101 Å². The molecule has 4 unspecified atom stereocenters. The number of aliphatic hydroxyl groups is 1. The van der Waals surface area contributed by atoms with Crippen LogP contribution in [0.1, 0.15) is 84.0 Å². The Bertz CT molecular complexity index is 2550. The zero-order valence-electron chi connectivity index (χ0n) is 42.9. The molecule has 0 radical (unpaired) electrons. The Kier molecular flexibility index (Phi) is 21.0. The largest absolute Gasteiger partial charge is 0.391 e. The number of nitrogens with one attached hydrogen (secondary N) is 4.